The summed E-state index contributed by atoms with van der Waals surface area (Å²) >= 11 is 1.50. The summed E-state index contributed by atoms with van der Waals surface area (Å²) in [6, 6.07) is 21.2. The van der Waals surface area contributed by atoms with Crippen molar-refractivity contribution in [3.63, 3.8) is 0 Å². The Bertz CT molecular complexity index is 849. The monoisotopic (exact) mass is 337 g/mol. The molecule has 0 aliphatic rings. The third-order valence-electron chi connectivity index (χ3n) is 3.90. The zero-order valence-electron chi connectivity index (χ0n) is 13.5. The Kier molecular flexibility index (Phi) is 5.06. The summed E-state index contributed by atoms with van der Waals surface area (Å²) in [6.07, 6.45) is 0. The third kappa shape index (κ3) is 3.71. The van der Waals surface area contributed by atoms with E-state index < -0.39 is 0 Å². The Morgan fingerprint density at radius 1 is 0.958 bits per heavy atom. The van der Waals surface area contributed by atoms with Crippen molar-refractivity contribution in [3.05, 3.63) is 72.3 Å². The normalized spacial score (nSPS) is 10.7. The minimum absolute atomic E-state index is 0.0843. The first-order valence-electron chi connectivity index (χ1n) is 7.76. The quantitative estimate of drug-likeness (QED) is 0.706. The van der Waals surface area contributed by atoms with Gasteiger partial charge >= 0.3 is 0 Å². The van der Waals surface area contributed by atoms with E-state index in [0.717, 1.165) is 21.2 Å². The topological polar surface area (TPSA) is 40.5 Å². The van der Waals surface area contributed by atoms with E-state index in [1.54, 1.807) is 11.0 Å². The van der Waals surface area contributed by atoms with E-state index in [1.807, 2.05) is 67.7 Å². The second-order valence-electron chi connectivity index (χ2n) is 5.65. The lowest BCUT2D eigenvalue weighted by molar-refractivity contribution is -0.127. The molecule has 4 heteroatoms. The molecule has 3 aromatic carbocycles. The number of hydrogen-bond donors (Lipinski definition) is 1. The fourth-order valence-electron chi connectivity index (χ4n) is 2.58. The Labute approximate surface area is 145 Å². The predicted molar refractivity (Wildman–Crippen MR) is 99.3 cm³/mol. The molecule has 0 atom stereocenters. The van der Waals surface area contributed by atoms with Crippen LogP contribution in [-0.4, -0.2) is 28.7 Å². The van der Waals surface area contributed by atoms with Crippen LogP contribution in [0.15, 0.2) is 71.6 Å². The van der Waals surface area contributed by atoms with Crippen molar-refractivity contribution in [2.45, 2.75) is 11.4 Å². The van der Waals surface area contributed by atoms with E-state index in [9.17, 15) is 9.90 Å². The first kappa shape index (κ1) is 16.4. The number of nitrogens with zero attached hydrogens (tertiary/aromatic N) is 1. The van der Waals surface area contributed by atoms with Gasteiger partial charge in [-0.2, -0.15) is 0 Å². The van der Waals surface area contributed by atoms with Gasteiger partial charge < -0.3 is 10.0 Å². The van der Waals surface area contributed by atoms with Crippen LogP contribution in [0.4, 0.5) is 0 Å². The number of fused-ring (bicyclic) bond motifs is 1. The number of phenolic OH excluding ortho intramolecular Hbond substituents is 1. The van der Waals surface area contributed by atoms with Gasteiger partial charge in [0.05, 0.1) is 5.75 Å². The molecule has 0 aromatic heterocycles. The molecule has 0 unspecified atom stereocenters. The van der Waals surface area contributed by atoms with Crippen LogP contribution in [0, 0.1) is 0 Å². The molecule has 24 heavy (non-hydrogen) atoms. The minimum Gasteiger partial charge on any atom is -0.507 e. The van der Waals surface area contributed by atoms with Crippen LogP contribution >= 0.6 is 11.8 Å². The van der Waals surface area contributed by atoms with Gasteiger partial charge in [0.1, 0.15) is 5.75 Å². The average molecular weight is 337 g/mol. The number of rotatable bonds is 5. The van der Waals surface area contributed by atoms with Gasteiger partial charge in [-0.05, 0) is 23.1 Å². The van der Waals surface area contributed by atoms with E-state index in [-0.39, 0.29) is 11.7 Å². The van der Waals surface area contributed by atoms with E-state index in [1.165, 1.54) is 11.8 Å². The fraction of sp³-hybridized carbons (Fsp3) is 0.150. The second-order valence-corrected chi connectivity index (χ2v) is 6.67. The number of phenols is 1. The maximum absolute atomic E-state index is 12.4. The smallest absolute Gasteiger partial charge is 0.232 e. The fourth-order valence-corrected chi connectivity index (χ4v) is 3.57. The molecule has 0 spiro atoms. The molecule has 0 fully saturated rings. The number of amides is 1. The molecular weight excluding hydrogens is 318 g/mol. The van der Waals surface area contributed by atoms with Crippen LogP contribution < -0.4 is 0 Å². The lowest BCUT2D eigenvalue weighted by Crippen LogP contribution is -2.27. The summed E-state index contributed by atoms with van der Waals surface area (Å²) in [5.74, 6) is 0.724. The molecule has 0 bridgehead atoms. The highest BCUT2D eigenvalue weighted by Gasteiger charge is 2.12. The SMILES string of the molecule is CN(Cc1ccccc1)C(=O)CSc1ccc(O)c2ccccc12. The second kappa shape index (κ2) is 7.41. The molecule has 1 N–H and O–H groups in total. The van der Waals surface area contributed by atoms with E-state index >= 15 is 0 Å². The van der Waals surface area contributed by atoms with Crippen LogP contribution in [0.25, 0.3) is 10.8 Å². The standard InChI is InChI=1S/C20H19NO2S/c1-21(13-15-7-3-2-4-8-15)20(23)14-24-19-12-11-18(22)16-9-5-6-10-17(16)19/h2-12,22H,13-14H2,1H3. The number of hydrogen-bond acceptors (Lipinski definition) is 3. The first-order chi connectivity index (χ1) is 11.6. The highest BCUT2D eigenvalue weighted by molar-refractivity contribution is 8.00. The van der Waals surface area contributed by atoms with Crippen LogP contribution in [0.2, 0.25) is 0 Å². The molecule has 3 aromatic rings. The zero-order chi connectivity index (χ0) is 16.9. The number of carbonyl (C=O) groups is 1. The van der Waals surface area contributed by atoms with Gasteiger partial charge in [0.2, 0.25) is 5.91 Å². The summed E-state index contributed by atoms with van der Waals surface area (Å²) in [4.78, 5) is 15.1. The molecule has 0 aliphatic carbocycles. The summed E-state index contributed by atoms with van der Waals surface area (Å²) < 4.78 is 0. The molecule has 0 radical (unpaired) electrons. The van der Waals surface area contributed by atoms with E-state index in [0.29, 0.717) is 12.3 Å². The van der Waals surface area contributed by atoms with Crippen molar-refractivity contribution in [3.8, 4) is 5.75 Å². The Balaban J connectivity index is 1.67. The average Bonchev–Trinajstić information content (AvgIpc) is 2.62. The molecule has 0 heterocycles. The molecule has 1 amide bonds. The maximum Gasteiger partial charge on any atom is 0.232 e. The lowest BCUT2D eigenvalue weighted by Gasteiger charge is -2.17. The minimum atomic E-state index is 0.0843. The summed E-state index contributed by atoms with van der Waals surface area (Å²) in [5, 5.41) is 11.7. The highest BCUT2D eigenvalue weighted by atomic mass is 32.2. The van der Waals surface area contributed by atoms with Gasteiger partial charge in [-0.25, -0.2) is 0 Å². The van der Waals surface area contributed by atoms with Crippen LogP contribution in [0.5, 0.6) is 5.75 Å². The third-order valence-corrected chi connectivity index (χ3v) is 4.96. The molecule has 122 valence electrons. The Morgan fingerprint density at radius 3 is 2.38 bits per heavy atom. The predicted octanol–water partition coefficient (Wildman–Crippen LogP) is 4.30. The van der Waals surface area contributed by atoms with Gasteiger partial charge in [0.25, 0.3) is 0 Å². The zero-order valence-corrected chi connectivity index (χ0v) is 14.3. The van der Waals surface area contributed by atoms with E-state index in [4.69, 9.17) is 0 Å². The van der Waals surface area contributed by atoms with Crippen LogP contribution in [0.1, 0.15) is 5.56 Å². The number of aromatic hydroxyl groups is 1. The van der Waals surface area contributed by atoms with Crippen molar-refractivity contribution in [1.29, 1.82) is 0 Å². The Morgan fingerprint density at radius 2 is 1.62 bits per heavy atom. The van der Waals surface area contributed by atoms with Crippen LogP contribution in [-0.2, 0) is 11.3 Å². The van der Waals surface area contributed by atoms with Crippen molar-refractivity contribution < 1.29 is 9.90 Å². The lowest BCUT2D eigenvalue weighted by atomic mass is 10.1. The summed E-state index contributed by atoms with van der Waals surface area (Å²) in [7, 11) is 1.82. The molecule has 3 rings (SSSR count). The number of benzene rings is 3. The first-order valence-corrected chi connectivity index (χ1v) is 8.75. The van der Waals surface area contributed by atoms with Crippen molar-refractivity contribution in [2.24, 2.45) is 0 Å². The van der Waals surface area contributed by atoms with Gasteiger partial charge in [-0.3, -0.25) is 4.79 Å². The molecular formula is C20H19NO2S. The molecule has 0 saturated heterocycles. The Hall–Kier alpha value is -2.46. The van der Waals surface area contributed by atoms with Gasteiger partial charge in [0.15, 0.2) is 0 Å². The van der Waals surface area contributed by atoms with E-state index in [2.05, 4.69) is 0 Å². The van der Waals surface area contributed by atoms with Gasteiger partial charge in [-0.15, -0.1) is 11.8 Å². The van der Waals surface area contributed by atoms with Crippen molar-refractivity contribution >= 4 is 28.4 Å². The van der Waals surface area contributed by atoms with Gasteiger partial charge in [0, 0.05) is 23.9 Å². The maximum atomic E-state index is 12.4. The molecule has 0 saturated carbocycles. The van der Waals surface area contributed by atoms with Crippen LogP contribution in [0.3, 0.4) is 0 Å². The number of thioether (sulfide) groups is 1. The number of carbonyl (C=O) groups excluding carboxylic acids is 1. The largest absolute Gasteiger partial charge is 0.507 e. The molecule has 0 aliphatic heterocycles. The van der Waals surface area contributed by atoms with Crippen molar-refractivity contribution in [1.82, 2.24) is 4.90 Å². The van der Waals surface area contributed by atoms with Gasteiger partial charge in [-0.1, -0.05) is 54.6 Å². The molecule has 3 nitrogen and oxygen atoms in total. The van der Waals surface area contributed by atoms with Crippen molar-refractivity contribution in [2.75, 3.05) is 12.8 Å². The summed E-state index contributed by atoms with van der Waals surface area (Å²) in [6.45, 7) is 0.608. The highest BCUT2D eigenvalue weighted by Crippen LogP contribution is 2.33. The summed E-state index contributed by atoms with van der Waals surface area (Å²) in [5.41, 5.74) is 1.12.